The summed E-state index contributed by atoms with van der Waals surface area (Å²) >= 11 is 0. The van der Waals surface area contributed by atoms with E-state index in [1.165, 1.54) is 20.8 Å². The SMILES string of the molecule is Cc1cc2cn(CC(F)F)nc2cc1N(CC(=O)O)CC(=O)N(C)N1Cc2ccccc2C1. The monoisotopic (exact) mass is 457 g/mol. The fourth-order valence-electron chi connectivity index (χ4n) is 4.14. The number of aromatic nitrogens is 2. The van der Waals surface area contributed by atoms with Gasteiger partial charge in [0.1, 0.15) is 13.1 Å². The van der Waals surface area contributed by atoms with Crippen LogP contribution in [0.2, 0.25) is 0 Å². The second-order valence-electron chi connectivity index (χ2n) is 8.20. The fraction of sp³-hybridized carbons (Fsp3) is 0.348. The Morgan fingerprint density at radius 3 is 2.42 bits per heavy atom. The number of halogens is 2. The molecule has 10 heteroatoms. The number of hydrogen-bond donors (Lipinski definition) is 1. The molecule has 1 N–H and O–H groups in total. The third-order valence-electron chi connectivity index (χ3n) is 5.80. The first kappa shape index (κ1) is 22.7. The molecule has 0 unspecified atom stereocenters. The van der Waals surface area contributed by atoms with Crippen molar-refractivity contribution < 1.29 is 23.5 Å². The Labute approximate surface area is 189 Å². The van der Waals surface area contributed by atoms with Crippen LogP contribution in [0.4, 0.5) is 14.5 Å². The molecule has 0 spiro atoms. The number of aliphatic carboxylic acids is 1. The van der Waals surface area contributed by atoms with Crippen LogP contribution in [0.15, 0.2) is 42.6 Å². The summed E-state index contributed by atoms with van der Waals surface area (Å²) in [6, 6.07) is 11.4. The van der Waals surface area contributed by atoms with E-state index < -0.39 is 18.9 Å². The van der Waals surface area contributed by atoms with Crippen LogP contribution in [-0.2, 0) is 29.2 Å². The second kappa shape index (κ2) is 9.14. The van der Waals surface area contributed by atoms with Gasteiger partial charge in [-0.3, -0.25) is 19.3 Å². The number of anilines is 1. The Morgan fingerprint density at radius 2 is 1.82 bits per heavy atom. The molecule has 0 atom stereocenters. The molecule has 1 aliphatic heterocycles. The number of rotatable bonds is 8. The highest BCUT2D eigenvalue weighted by atomic mass is 19.3. The minimum absolute atomic E-state index is 0.153. The van der Waals surface area contributed by atoms with E-state index in [4.69, 9.17) is 0 Å². The molecule has 3 aromatic rings. The lowest BCUT2D eigenvalue weighted by Crippen LogP contribution is -2.47. The van der Waals surface area contributed by atoms with Gasteiger partial charge in [0.25, 0.3) is 12.3 Å². The maximum absolute atomic E-state index is 13.1. The van der Waals surface area contributed by atoms with E-state index in [0.29, 0.717) is 29.7 Å². The van der Waals surface area contributed by atoms with Crippen LogP contribution in [0.1, 0.15) is 16.7 Å². The Bertz CT molecular complexity index is 1170. The molecule has 1 amide bonds. The van der Waals surface area contributed by atoms with Crippen molar-refractivity contribution in [2.24, 2.45) is 0 Å². The number of carboxylic acid groups (broad SMARTS) is 1. The molecule has 0 saturated heterocycles. The highest BCUT2D eigenvalue weighted by molar-refractivity contribution is 5.88. The van der Waals surface area contributed by atoms with Gasteiger partial charge in [0, 0.05) is 37.4 Å². The Morgan fingerprint density at radius 1 is 1.15 bits per heavy atom. The molecule has 2 aromatic carbocycles. The predicted octanol–water partition coefficient (Wildman–Crippen LogP) is 2.89. The summed E-state index contributed by atoms with van der Waals surface area (Å²) in [6.07, 6.45) is -1.00. The number of carbonyl (C=O) groups excluding carboxylic acids is 1. The van der Waals surface area contributed by atoms with E-state index in [-0.39, 0.29) is 19.0 Å². The first-order chi connectivity index (χ1) is 15.7. The molecule has 0 bridgehead atoms. The van der Waals surface area contributed by atoms with E-state index in [9.17, 15) is 23.5 Å². The summed E-state index contributed by atoms with van der Waals surface area (Å²) in [6.45, 7) is 1.93. The zero-order valence-corrected chi connectivity index (χ0v) is 18.4. The summed E-state index contributed by atoms with van der Waals surface area (Å²) < 4.78 is 26.6. The summed E-state index contributed by atoms with van der Waals surface area (Å²) in [4.78, 5) is 26.1. The van der Waals surface area contributed by atoms with Crippen molar-refractivity contribution >= 4 is 28.5 Å². The highest BCUT2D eigenvalue weighted by Crippen LogP contribution is 2.27. The van der Waals surface area contributed by atoms with Crippen molar-refractivity contribution in [1.29, 1.82) is 0 Å². The van der Waals surface area contributed by atoms with Crippen molar-refractivity contribution in [2.75, 3.05) is 25.0 Å². The molecule has 1 aromatic heterocycles. The van der Waals surface area contributed by atoms with Crippen LogP contribution in [-0.4, -0.2) is 63.3 Å². The fourth-order valence-corrected chi connectivity index (χ4v) is 4.14. The second-order valence-corrected chi connectivity index (χ2v) is 8.20. The standard InChI is InChI=1S/C23H25F2N5O3/c1-15-7-18-9-29(12-21(24)25)26-19(18)8-20(15)28(14-23(32)33)13-22(31)27(2)30-10-16-5-3-4-6-17(16)11-30/h3-9,21H,10-14H2,1-2H3,(H,32,33). The van der Waals surface area contributed by atoms with E-state index in [0.717, 1.165) is 16.7 Å². The number of hydrazine groups is 1. The lowest BCUT2D eigenvalue weighted by atomic mass is 10.1. The molecular weight excluding hydrogens is 432 g/mol. The van der Waals surface area contributed by atoms with E-state index >= 15 is 0 Å². The van der Waals surface area contributed by atoms with Crippen LogP contribution in [0.5, 0.6) is 0 Å². The third-order valence-corrected chi connectivity index (χ3v) is 5.80. The van der Waals surface area contributed by atoms with Gasteiger partial charge in [-0.2, -0.15) is 5.10 Å². The van der Waals surface area contributed by atoms with Gasteiger partial charge in [0.05, 0.1) is 12.1 Å². The maximum atomic E-state index is 13.1. The van der Waals surface area contributed by atoms with E-state index in [1.807, 2.05) is 29.3 Å². The number of amides is 1. The van der Waals surface area contributed by atoms with Gasteiger partial charge < -0.3 is 10.0 Å². The number of carboxylic acids is 1. The van der Waals surface area contributed by atoms with Crippen molar-refractivity contribution in [2.45, 2.75) is 33.0 Å². The Kier molecular flexibility index (Phi) is 6.28. The van der Waals surface area contributed by atoms with Gasteiger partial charge in [-0.15, -0.1) is 0 Å². The number of hydrogen-bond acceptors (Lipinski definition) is 5. The molecule has 2 heterocycles. The van der Waals surface area contributed by atoms with Crippen molar-refractivity contribution in [3.63, 3.8) is 0 Å². The first-order valence-corrected chi connectivity index (χ1v) is 10.5. The summed E-state index contributed by atoms with van der Waals surface area (Å²) in [5, 5.41) is 17.7. The molecule has 0 radical (unpaired) electrons. The molecule has 8 nitrogen and oxygen atoms in total. The predicted molar refractivity (Wildman–Crippen MR) is 119 cm³/mol. The number of fused-ring (bicyclic) bond motifs is 2. The van der Waals surface area contributed by atoms with Gasteiger partial charge in [-0.05, 0) is 35.7 Å². The van der Waals surface area contributed by atoms with Crippen LogP contribution in [0.25, 0.3) is 10.9 Å². The zero-order chi connectivity index (χ0) is 23.7. The summed E-state index contributed by atoms with van der Waals surface area (Å²) in [7, 11) is 1.68. The topological polar surface area (TPSA) is 81.9 Å². The van der Waals surface area contributed by atoms with Gasteiger partial charge in [0.2, 0.25) is 0 Å². The van der Waals surface area contributed by atoms with E-state index in [1.54, 1.807) is 26.1 Å². The van der Waals surface area contributed by atoms with Gasteiger partial charge in [-0.25, -0.2) is 13.8 Å². The smallest absolute Gasteiger partial charge is 0.323 e. The van der Waals surface area contributed by atoms with Crippen LogP contribution in [0, 0.1) is 6.92 Å². The molecule has 0 saturated carbocycles. The normalized spacial score (nSPS) is 13.5. The molecule has 33 heavy (non-hydrogen) atoms. The zero-order valence-electron chi connectivity index (χ0n) is 18.4. The molecule has 0 aliphatic carbocycles. The molecule has 0 fully saturated rings. The van der Waals surface area contributed by atoms with Crippen molar-refractivity contribution in [3.05, 3.63) is 59.3 Å². The number of nitrogens with zero attached hydrogens (tertiary/aromatic N) is 5. The van der Waals surface area contributed by atoms with Crippen molar-refractivity contribution in [3.8, 4) is 0 Å². The van der Waals surface area contributed by atoms with Crippen LogP contribution in [0.3, 0.4) is 0 Å². The van der Waals surface area contributed by atoms with Crippen LogP contribution >= 0.6 is 0 Å². The van der Waals surface area contributed by atoms with Gasteiger partial charge >= 0.3 is 5.97 Å². The maximum Gasteiger partial charge on any atom is 0.323 e. The van der Waals surface area contributed by atoms with Gasteiger partial charge in [-0.1, -0.05) is 24.3 Å². The Balaban J connectivity index is 1.55. The highest BCUT2D eigenvalue weighted by Gasteiger charge is 2.27. The quantitative estimate of drug-likeness (QED) is 0.560. The van der Waals surface area contributed by atoms with Crippen LogP contribution < -0.4 is 4.90 Å². The minimum atomic E-state index is -2.53. The third kappa shape index (κ3) is 4.95. The number of carbonyl (C=O) groups is 2. The molecular formula is C23H25F2N5O3. The van der Waals surface area contributed by atoms with Gasteiger partial charge in [0.15, 0.2) is 0 Å². The molecule has 4 rings (SSSR count). The number of alkyl halides is 2. The average molecular weight is 457 g/mol. The summed E-state index contributed by atoms with van der Waals surface area (Å²) in [5.41, 5.74) is 4.02. The largest absolute Gasteiger partial charge is 0.480 e. The lowest BCUT2D eigenvalue weighted by Gasteiger charge is -2.31. The number of aryl methyl sites for hydroxylation is 1. The molecule has 1 aliphatic rings. The average Bonchev–Trinajstić information content (AvgIpc) is 3.34. The minimum Gasteiger partial charge on any atom is -0.480 e. The molecule has 174 valence electrons. The summed E-state index contributed by atoms with van der Waals surface area (Å²) in [5.74, 6) is -1.34. The van der Waals surface area contributed by atoms with Crippen molar-refractivity contribution in [1.82, 2.24) is 19.8 Å². The first-order valence-electron chi connectivity index (χ1n) is 10.5. The number of likely N-dealkylation sites (N-methyl/N-ethyl adjacent to an activating group) is 1. The number of benzene rings is 2. The van der Waals surface area contributed by atoms with E-state index in [2.05, 4.69) is 5.10 Å². The lowest BCUT2D eigenvalue weighted by molar-refractivity contribution is -0.145. The Hall–Kier alpha value is -3.53.